The van der Waals surface area contributed by atoms with Gasteiger partial charge in [0.2, 0.25) is 0 Å². The maximum Gasteiger partial charge on any atom is 0.120 e. The number of benzene rings is 1. The first-order valence-electron chi connectivity index (χ1n) is 6.32. The maximum absolute atomic E-state index is 6.04. The molecule has 1 aromatic carbocycles. The fourth-order valence-electron chi connectivity index (χ4n) is 1.42. The van der Waals surface area contributed by atoms with Gasteiger partial charge in [0.1, 0.15) is 12.4 Å². The van der Waals surface area contributed by atoms with Crippen molar-refractivity contribution in [1.29, 1.82) is 0 Å². The van der Waals surface area contributed by atoms with Crippen LogP contribution in [-0.2, 0) is 11.3 Å². The number of rotatable bonds is 8. The Bertz CT molecular complexity index is 356. The van der Waals surface area contributed by atoms with Crippen LogP contribution in [0.15, 0.2) is 18.2 Å². The highest BCUT2D eigenvalue weighted by atomic mass is 35.5. The van der Waals surface area contributed by atoms with Crippen LogP contribution in [0.4, 0.5) is 0 Å². The molecule has 2 N–H and O–H groups in total. The molecule has 0 saturated carbocycles. The van der Waals surface area contributed by atoms with Gasteiger partial charge in [-0.1, -0.05) is 31.5 Å². The number of ether oxygens (including phenoxy) is 2. The van der Waals surface area contributed by atoms with Gasteiger partial charge in [-0.25, -0.2) is 0 Å². The van der Waals surface area contributed by atoms with E-state index in [0.717, 1.165) is 24.3 Å². The van der Waals surface area contributed by atoms with Crippen molar-refractivity contribution in [1.82, 2.24) is 0 Å². The number of hydrogen-bond acceptors (Lipinski definition) is 3. The summed E-state index contributed by atoms with van der Waals surface area (Å²) in [5, 5.41) is 0.649. The minimum atomic E-state index is 0.442. The Morgan fingerprint density at radius 2 is 2.00 bits per heavy atom. The molecule has 0 aliphatic rings. The summed E-state index contributed by atoms with van der Waals surface area (Å²) in [7, 11) is 0. The molecule has 0 amide bonds. The predicted octanol–water partition coefficient (Wildman–Crippen LogP) is 3.24. The van der Waals surface area contributed by atoms with Crippen molar-refractivity contribution in [3.63, 3.8) is 0 Å². The minimum Gasteiger partial charge on any atom is -0.491 e. The molecule has 0 aliphatic heterocycles. The molecule has 18 heavy (non-hydrogen) atoms. The summed E-state index contributed by atoms with van der Waals surface area (Å²) in [6, 6.07) is 5.55. The highest BCUT2D eigenvalue weighted by molar-refractivity contribution is 6.31. The van der Waals surface area contributed by atoms with Crippen LogP contribution in [0, 0.1) is 5.92 Å². The maximum atomic E-state index is 6.04. The van der Waals surface area contributed by atoms with Gasteiger partial charge in [-0.15, -0.1) is 0 Å². The molecule has 1 rings (SSSR count). The Labute approximate surface area is 114 Å². The summed E-state index contributed by atoms with van der Waals surface area (Å²) in [4.78, 5) is 0. The lowest BCUT2D eigenvalue weighted by atomic mass is 10.1. The molecule has 0 fully saturated rings. The lowest BCUT2D eigenvalue weighted by molar-refractivity contribution is 0.0926. The smallest absolute Gasteiger partial charge is 0.120 e. The van der Waals surface area contributed by atoms with Gasteiger partial charge in [0.05, 0.1) is 6.61 Å². The zero-order chi connectivity index (χ0) is 13.4. The van der Waals surface area contributed by atoms with Crippen LogP contribution < -0.4 is 10.5 Å². The van der Waals surface area contributed by atoms with Crippen LogP contribution in [0.1, 0.15) is 25.8 Å². The van der Waals surface area contributed by atoms with Gasteiger partial charge < -0.3 is 15.2 Å². The van der Waals surface area contributed by atoms with Gasteiger partial charge >= 0.3 is 0 Å². The number of nitrogens with two attached hydrogens (primary N) is 1. The van der Waals surface area contributed by atoms with E-state index >= 15 is 0 Å². The molecule has 0 atom stereocenters. The third-order valence-electron chi connectivity index (χ3n) is 2.58. The van der Waals surface area contributed by atoms with Crippen molar-refractivity contribution in [2.24, 2.45) is 11.7 Å². The first-order valence-corrected chi connectivity index (χ1v) is 6.70. The van der Waals surface area contributed by atoms with E-state index in [1.807, 2.05) is 12.1 Å². The van der Waals surface area contributed by atoms with Crippen molar-refractivity contribution in [3.05, 3.63) is 28.8 Å². The first kappa shape index (κ1) is 15.3. The fourth-order valence-corrected chi connectivity index (χ4v) is 1.67. The topological polar surface area (TPSA) is 44.5 Å². The molecule has 0 saturated heterocycles. The van der Waals surface area contributed by atoms with E-state index < -0.39 is 0 Å². The highest BCUT2D eigenvalue weighted by Crippen LogP contribution is 2.22. The van der Waals surface area contributed by atoms with E-state index in [4.69, 9.17) is 26.8 Å². The molecule has 0 aliphatic carbocycles. The average molecular weight is 272 g/mol. The van der Waals surface area contributed by atoms with Crippen LogP contribution in [0.25, 0.3) is 0 Å². The number of hydrogen-bond donors (Lipinski definition) is 1. The van der Waals surface area contributed by atoms with Gasteiger partial charge in [0.25, 0.3) is 0 Å². The highest BCUT2D eigenvalue weighted by Gasteiger charge is 2.01. The van der Waals surface area contributed by atoms with Gasteiger partial charge in [0, 0.05) is 18.2 Å². The standard InChI is InChI=1S/C14H22ClNO2/c1-11(2)5-6-17-7-8-18-13-4-3-12(10-16)14(15)9-13/h3-4,9,11H,5-8,10,16H2,1-2H3. The van der Waals surface area contributed by atoms with E-state index in [-0.39, 0.29) is 0 Å². The van der Waals surface area contributed by atoms with E-state index in [1.165, 1.54) is 0 Å². The predicted molar refractivity (Wildman–Crippen MR) is 75.1 cm³/mol. The SMILES string of the molecule is CC(C)CCOCCOc1ccc(CN)c(Cl)c1. The zero-order valence-electron chi connectivity index (χ0n) is 11.1. The van der Waals surface area contributed by atoms with Crippen LogP contribution in [-0.4, -0.2) is 19.8 Å². The molecule has 0 spiro atoms. The van der Waals surface area contributed by atoms with Crippen molar-refractivity contribution < 1.29 is 9.47 Å². The monoisotopic (exact) mass is 271 g/mol. The van der Waals surface area contributed by atoms with Crippen LogP contribution in [0.5, 0.6) is 5.75 Å². The quantitative estimate of drug-likeness (QED) is 0.738. The van der Waals surface area contributed by atoms with E-state index in [9.17, 15) is 0 Å². The summed E-state index contributed by atoms with van der Waals surface area (Å²) in [6.45, 7) is 6.73. The first-order chi connectivity index (χ1) is 8.63. The average Bonchev–Trinajstić information content (AvgIpc) is 2.33. The fraction of sp³-hybridized carbons (Fsp3) is 0.571. The zero-order valence-corrected chi connectivity index (χ0v) is 11.9. The third kappa shape index (κ3) is 5.71. The molecule has 0 bridgehead atoms. The normalized spacial score (nSPS) is 10.9. The van der Waals surface area contributed by atoms with Gasteiger partial charge in [-0.05, 0) is 30.0 Å². The Balaban J connectivity index is 2.21. The van der Waals surface area contributed by atoms with Gasteiger partial charge in [-0.3, -0.25) is 0 Å². The Morgan fingerprint density at radius 3 is 2.61 bits per heavy atom. The lowest BCUT2D eigenvalue weighted by Gasteiger charge is -2.09. The van der Waals surface area contributed by atoms with E-state index in [0.29, 0.717) is 30.7 Å². The molecule has 3 nitrogen and oxygen atoms in total. The Morgan fingerprint density at radius 1 is 1.22 bits per heavy atom. The third-order valence-corrected chi connectivity index (χ3v) is 2.93. The van der Waals surface area contributed by atoms with Crippen molar-refractivity contribution in [2.75, 3.05) is 19.8 Å². The molecule has 1 aromatic rings. The molecular formula is C14H22ClNO2. The Kier molecular flexibility index (Phi) is 7.09. The summed E-state index contributed by atoms with van der Waals surface area (Å²) in [5.74, 6) is 1.43. The molecule has 4 heteroatoms. The second-order valence-corrected chi connectivity index (χ2v) is 5.01. The van der Waals surface area contributed by atoms with Crippen LogP contribution >= 0.6 is 11.6 Å². The van der Waals surface area contributed by atoms with E-state index in [1.54, 1.807) is 6.07 Å². The molecule has 0 unspecified atom stereocenters. The van der Waals surface area contributed by atoms with Gasteiger partial charge in [0.15, 0.2) is 0 Å². The van der Waals surface area contributed by atoms with Crippen LogP contribution in [0.3, 0.4) is 0 Å². The molecular weight excluding hydrogens is 250 g/mol. The summed E-state index contributed by atoms with van der Waals surface area (Å²) in [6.07, 6.45) is 1.08. The van der Waals surface area contributed by atoms with E-state index in [2.05, 4.69) is 13.8 Å². The molecule has 0 aromatic heterocycles. The van der Waals surface area contributed by atoms with Gasteiger partial charge in [-0.2, -0.15) is 0 Å². The molecule has 0 heterocycles. The molecule has 102 valence electrons. The van der Waals surface area contributed by atoms with Crippen molar-refractivity contribution >= 4 is 11.6 Å². The summed E-state index contributed by atoms with van der Waals surface area (Å²) < 4.78 is 11.0. The molecule has 0 radical (unpaired) electrons. The van der Waals surface area contributed by atoms with Crippen LogP contribution in [0.2, 0.25) is 5.02 Å². The van der Waals surface area contributed by atoms with Crippen molar-refractivity contribution in [3.8, 4) is 5.75 Å². The minimum absolute atomic E-state index is 0.442. The second-order valence-electron chi connectivity index (χ2n) is 4.60. The van der Waals surface area contributed by atoms with Crippen molar-refractivity contribution in [2.45, 2.75) is 26.8 Å². The summed E-state index contributed by atoms with van der Waals surface area (Å²) in [5.41, 5.74) is 6.46. The summed E-state index contributed by atoms with van der Waals surface area (Å²) >= 11 is 6.04. The second kappa shape index (κ2) is 8.35. The largest absolute Gasteiger partial charge is 0.491 e. The number of halogens is 1. The Hall–Kier alpha value is -0.770. The lowest BCUT2D eigenvalue weighted by Crippen LogP contribution is -2.08.